The Kier molecular flexibility index (Phi) is 53.5. The smallest absolute Gasteiger partial charge is 0.306 e. The summed E-state index contributed by atoms with van der Waals surface area (Å²) in [5, 5.41) is 0. The van der Waals surface area contributed by atoms with E-state index >= 15 is 0 Å². The molecule has 0 unspecified atom stereocenters. The van der Waals surface area contributed by atoms with Crippen molar-refractivity contribution in [1.82, 2.24) is 0 Å². The molecule has 0 aliphatic heterocycles. The van der Waals surface area contributed by atoms with Gasteiger partial charge in [0.25, 0.3) is 0 Å². The van der Waals surface area contributed by atoms with E-state index in [2.05, 4.69) is 34.6 Å². The van der Waals surface area contributed by atoms with Gasteiger partial charge in [0.15, 0.2) is 6.10 Å². The zero-order valence-electron chi connectivity index (χ0n) is 46.7. The molecule has 0 N–H and O–H groups in total. The van der Waals surface area contributed by atoms with E-state index in [4.69, 9.17) is 14.2 Å². The summed E-state index contributed by atoms with van der Waals surface area (Å²) in [6.07, 6.45) is 59.5. The Hall–Kier alpha value is -1.59. The van der Waals surface area contributed by atoms with Gasteiger partial charge in [-0.3, -0.25) is 14.4 Å². The van der Waals surface area contributed by atoms with E-state index in [0.29, 0.717) is 19.3 Å². The first-order chi connectivity index (χ1) is 33.2. The number of hydrogen-bond acceptors (Lipinski definition) is 6. The number of ether oxygens (including phenoxy) is 3. The van der Waals surface area contributed by atoms with Gasteiger partial charge in [0.1, 0.15) is 13.2 Å². The van der Waals surface area contributed by atoms with Crippen molar-refractivity contribution < 1.29 is 28.6 Å². The van der Waals surface area contributed by atoms with E-state index in [-0.39, 0.29) is 31.1 Å². The van der Waals surface area contributed by atoms with Crippen molar-refractivity contribution in [2.75, 3.05) is 13.2 Å². The van der Waals surface area contributed by atoms with Crippen molar-refractivity contribution in [2.45, 2.75) is 355 Å². The summed E-state index contributed by atoms with van der Waals surface area (Å²) in [4.78, 5) is 38.2. The third kappa shape index (κ3) is 55.3. The van der Waals surface area contributed by atoms with Gasteiger partial charge < -0.3 is 14.2 Å². The zero-order valence-corrected chi connectivity index (χ0v) is 46.7. The lowest BCUT2D eigenvalue weighted by Gasteiger charge is -2.18. The van der Waals surface area contributed by atoms with Crippen molar-refractivity contribution >= 4 is 17.9 Å². The van der Waals surface area contributed by atoms with Crippen LogP contribution in [-0.4, -0.2) is 37.2 Å². The van der Waals surface area contributed by atoms with Crippen LogP contribution in [0, 0.1) is 11.8 Å². The van der Waals surface area contributed by atoms with E-state index in [1.54, 1.807) is 0 Å². The van der Waals surface area contributed by atoms with Crippen LogP contribution in [0.15, 0.2) is 0 Å². The second kappa shape index (κ2) is 54.7. The summed E-state index contributed by atoms with van der Waals surface area (Å²) in [5.74, 6) is 0.854. The summed E-state index contributed by atoms with van der Waals surface area (Å²) in [6.45, 7) is 11.4. The second-order valence-corrected chi connectivity index (χ2v) is 22.3. The maximum atomic E-state index is 12.9. The molecule has 0 amide bonds. The normalized spacial score (nSPS) is 12.0. The molecule has 0 saturated heterocycles. The van der Waals surface area contributed by atoms with Gasteiger partial charge in [-0.15, -0.1) is 0 Å². The van der Waals surface area contributed by atoms with E-state index in [9.17, 15) is 14.4 Å². The predicted molar refractivity (Wildman–Crippen MR) is 293 cm³/mol. The number of carbonyl (C=O) groups is 3. The molecule has 0 fully saturated rings. The molecule has 0 saturated carbocycles. The van der Waals surface area contributed by atoms with Gasteiger partial charge in [0.05, 0.1) is 0 Å². The molecule has 0 heterocycles. The van der Waals surface area contributed by atoms with Crippen LogP contribution in [0.3, 0.4) is 0 Å². The highest BCUT2D eigenvalue weighted by Gasteiger charge is 2.19. The fourth-order valence-corrected chi connectivity index (χ4v) is 9.58. The Balaban J connectivity index is 4.30. The topological polar surface area (TPSA) is 78.9 Å². The van der Waals surface area contributed by atoms with E-state index in [1.165, 1.54) is 238 Å². The Bertz CT molecular complexity index is 1040. The molecule has 0 aromatic rings. The molecular weight excluding hydrogens is 841 g/mol. The molecule has 0 aliphatic rings. The van der Waals surface area contributed by atoms with Gasteiger partial charge >= 0.3 is 17.9 Å². The van der Waals surface area contributed by atoms with Crippen LogP contribution in [0.5, 0.6) is 0 Å². The molecule has 0 rings (SSSR count). The standard InChI is InChI=1S/C62H120O6/c1-6-7-8-9-10-11-12-13-14-17-22-27-32-37-42-47-52-60(63)66-55-59(56-67-61(64)53-48-43-38-33-28-24-19-21-26-31-36-41-46-51-58(4)5)68-62(65)54-49-44-39-34-29-23-18-15-16-20-25-30-35-40-45-50-57(2)3/h57-59H,6-56H2,1-5H3/t59-/m1/s1. The first kappa shape index (κ1) is 66.4. The molecule has 6 heteroatoms. The van der Waals surface area contributed by atoms with Crippen LogP contribution in [0.4, 0.5) is 0 Å². The number of hydrogen-bond donors (Lipinski definition) is 0. The number of esters is 3. The fraction of sp³-hybridized carbons (Fsp3) is 0.952. The molecular formula is C62H120O6. The predicted octanol–water partition coefficient (Wildman–Crippen LogP) is 20.4. The Morgan fingerprint density at radius 1 is 0.279 bits per heavy atom. The number of carbonyl (C=O) groups excluding carboxylic acids is 3. The molecule has 6 nitrogen and oxygen atoms in total. The lowest BCUT2D eigenvalue weighted by Crippen LogP contribution is -2.30. The van der Waals surface area contributed by atoms with Crippen LogP contribution in [-0.2, 0) is 28.6 Å². The van der Waals surface area contributed by atoms with Gasteiger partial charge in [-0.2, -0.15) is 0 Å². The minimum atomic E-state index is -0.763. The third-order valence-electron chi connectivity index (χ3n) is 14.2. The lowest BCUT2D eigenvalue weighted by molar-refractivity contribution is -0.167. The van der Waals surface area contributed by atoms with Gasteiger partial charge in [0.2, 0.25) is 0 Å². The van der Waals surface area contributed by atoms with E-state index in [0.717, 1.165) is 69.6 Å². The monoisotopic (exact) mass is 961 g/mol. The molecule has 1 atom stereocenters. The number of unbranched alkanes of at least 4 members (excludes halogenated alkanes) is 41. The quantitative estimate of drug-likeness (QED) is 0.0343. The van der Waals surface area contributed by atoms with Crippen LogP contribution >= 0.6 is 0 Å². The highest BCUT2D eigenvalue weighted by Crippen LogP contribution is 2.19. The fourth-order valence-electron chi connectivity index (χ4n) is 9.58. The Labute approximate surface area is 425 Å². The molecule has 68 heavy (non-hydrogen) atoms. The average Bonchev–Trinajstić information content (AvgIpc) is 3.31. The van der Waals surface area contributed by atoms with Crippen LogP contribution < -0.4 is 0 Å². The van der Waals surface area contributed by atoms with Crippen LogP contribution in [0.1, 0.15) is 349 Å². The molecule has 0 aromatic heterocycles. The van der Waals surface area contributed by atoms with Crippen molar-refractivity contribution in [3.05, 3.63) is 0 Å². The summed E-state index contributed by atoms with van der Waals surface area (Å²) < 4.78 is 16.9. The zero-order chi connectivity index (χ0) is 49.6. The summed E-state index contributed by atoms with van der Waals surface area (Å²) in [5.41, 5.74) is 0. The molecule has 404 valence electrons. The first-order valence-corrected chi connectivity index (χ1v) is 30.7. The molecule has 0 spiro atoms. The van der Waals surface area contributed by atoms with Crippen molar-refractivity contribution in [3.63, 3.8) is 0 Å². The van der Waals surface area contributed by atoms with Crippen molar-refractivity contribution in [1.29, 1.82) is 0 Å². The maximum absolute atomic E-state index is 12.9. The molecule has 0 radical (unpaired) electrons. The molecule has 0 aliphatic carbocycles. The highest BCUT2D eigenvalue weighted by molar-refractivity contribution is 5.71. The summed E-state index contributed by atoms with van der Waals surface area (Å²) in [7, 11) is 0. The second-order valence-electron chi connectivity index (χ2n) is 22.3. The van der Waals surface area contributed by atoms with Gasteiger partial charge in [-0.05, 0) is 31.1 Å². The minimum absolute atomic E-state index is 0.0621. The van der Waals surface area contributed by atoms with Gasteiger partial charge in [-0.1, -0.05) is 311 Å². The third-order valence-corrected chi connectivity index (χ3v) is 14.2. The SMILES string of the molecule is CCCCCCCCCCCCCCCCCCC(=O)OC[C@H](COC(=O)CCCCCCCCCCCCCCCC(C)C)OC(=O)CCCCCCCCCCCCCCCCCC(C)C. The van der Waals surface area contributed by atoms with Gasteiger partial charge in [-0.25, -0.2) is 0 Å². The van der Waals surface area contributed by atoms with Crippen LogP contribution in [0.2, 0.25) is 0 Å². The average molecular weight is 962 g/mol. The van der Waals surface area contributed by atoms with Gasteiger partial charge in [0, 0.05) is 19.3 Å². The first-order valence-electron chi connectivity index (χ1n) is 30.7. The Morgan fingerprint density at radius 3 is 0.721 bits per heavy atom. The van der Waals surface area contributed by atoms with Crippen molar-refractivity contribution in [2.24, 2.45) is 11.8 Å². The van der Waals surface area contributed by atoms with Crippen molar-refractivity contribution in [3.8, 4) is 0 Å². The summed E-state index contributed by atoms with van der Waals surface area (Å²) in [6, 6.07) is 0. The summed E-state index contributed by atoms with van der Waals surface area (Å²) >= 11 is 0. The lowest BCUT2D eigenvalue weighted by atomic mass is 10.0. The Morgan fingerprint density at radius 2 is 0.485 bits per heavy atom. The van der Waals surface area contributed by atoms with Crippen LogP contribution in [0.25, 0.3) is 0 Å². The molecule has 0 bridgehead atoms. The number of rotatable bonds is 56. The van der Waals surface area contributed by atoms with E-state index in [1.807, 2.05) is 0 Å². The minimum Gasteiger partial charge on any atom is -0.462 e. The maximum Gasteiger partial charge on any atom is 0.306 e. The van der Waals surface area contributed by atoms with E-state index < -0.39 is 6.10 Å². The molecule has 0 aromatic carbocycles. The largest absolute Gasteiger partial charge is 0.462 e. The highest BCUT2D eigenvalue weighted by atomic mass is 16.6.